The molecule has 0 N–H and O–H groups in total. The Labute approximate surface area is 152 Å². The number of carbonyl (C=O) groups excluding carboxylic acids is 1. The molecule has 128 valence electrons. The molecule has 0 saturated heterocycles. The summed E-state index contributed by atoms with van der Waals surface area (Å²) in [5, 5.41) is 10.8. The van der Waals surface area contributed by atoms with Crippen molar-refractivity contribution in [1.82, 2.24) is 0 Å². The van der Waals surface area contributed by atoms with E-state index in [4.69, 9.17) is 9.47 Å². The third kappa shape index (κ3) is 4.06. The van der Waals surface area contributed by atoms with Crippen LogP contribution in [0.4, 0.5) is 5.69 Å². The van der Waals surface area contributed by atoms with Gasteiger partial charge in [0.1, 0.15) is 0 Å². The van der Waals surface area contributed by atoms with Crippen molar-refractivity contribution in [2.24, 2.45) is 0 Å². The van der Waals surface area contributed by atoms with Crippen LogP contribution in [-0.2, 0) is 0 Å². The van der Waals surface area contributed by atoms with Crippen LogP contribution < -0.4 is 9.47 Å². The Hall–Kier alpha value is -2.67. The van der Waals surface area contributed by atoms with Gasteiger partial charge in [-0.3, -0.25) is 14.9 Å². The second kappa shape index (κ2) is 7.48. The summed E-state index contributed by atoms with van der Waals surface area (Å²) in [4.78, 5) is 22.8. The molecule has 1 aliphatic heterocycles. The summed E-state index contributed by atoms with van der Waals surface area (Å²) < 4.78 is 11.8. The van der Waals surface area contributed by atoms with E-state index in [1.807, 2.05) is 0 Å². The Balaban J connectivity index is 1.85. The van der Waals surface area contributed by atoms with E-state index in [9.17, 15) is 14.9 Å². The highest BCUT2D eigenvalue weighted by Gasteiger charge is 2.16. The molecule has 0 fully saturated rings. The fourth-order valence-corrected chi connectivity index (χ4v) is 2.89. The molecule has 0 atom stereocenters. The Kier molecular flexibility index (Phi) is 5.14. The summed E-state index contributed by atoms with van der Waals surface area (Å²) in [6.07, 6.45) is 3.70. The van der Waals surface area contributed by atoms with E-state index in [0.29, 0.717) is 40.3 Å². The average Bonchev–Trinajstić information content (AvgIpc) is 2.84. The topological polar surface area (TPSA) is 78.7 Å². The van der Waals surface area contributed by atoms with E-state index < -0.39 is 4.92 Å². The van der Waals surface area contributed by atoms with Crippen LogP contribution in [-0.4, -0.2) is 23.9 Å². The molecule has 0 aromatic heterocycles. The first kappa shape index (κ1) is 17.2. The molecule has 0 bridgehead atoms. The summed E-state index contributed by atoms with van der Waals surface area (Å²) in [6, 6.07) is 9.44. The third-order valence-corrected chi connectivity index (χ3v) is 4.27. The lowest BCUT2D eigenvalue weighted by Gasteiger charge is -2.10. The number of ketones is 1. The van der Waals surface area contributed by atoms with E-state index in [2.05, 4.69) is 15.9 Å². The number of nitrogens with zero attached hydrogens (tertiary/aromatic N) is 1. The summed E-state index contributed by atoms with van der Waals surface area (Å²) in [5.41, 5.74) is 0.991. The van der Waals surface area contributed by atoms with Crippen LogP contribution in [0.1, 0.15) is 22.3 Å². The molecule has 7 heteroatoms. The van der Waals surface area contributed by atoms with Gasteiger partial charge in [0.25, 0.3) is 5.69 Å². The lowest BCUT2D eigenvalue weighted by molar-refractivity contribution is -0.384. The Morgan fingerprint density at radius 3 is 2.60 bits per heavy atom. The van der Waals surface area contributed by atoms with E-state index in [1.54, 1.807) is 30.3 Å². The number of allylic oxidation sites excluding steroid dienone is 1. The molecule has 0 aliphatic carbocycles. The lowest BCUT2D eigenvalue weighted by atomic mass is 10.1. The van der Waals surface area contributed by atoms with Crippen molar-refractivity contribution in [2.75, 3.05) is 13.2 Å². The molecule has 0 unspecified atom stereocenters. The second-order valence-corrected chi connectivity index (χ2v) is 6.23. The van der Waals surface area contributed by atoms with E-state index in [1.165, 1.54) is 18.2 Å². The zero-order valence-electron chi connectivity index (χ0n) is 13.1. The number of nitro groups is 1. The molecule has 0 saturated carbocycles. The van der Waals surface area contributed by atoms with E-state index in [0.717, 1.165) is 6.42 Å². The maximum absolute atomic E-state index is 12.5. The predicted octanol–water partition coefficient (Wildman–Crippen LogP) is 4.41. The summed E-state index contributed by atoms with van der Waals surface area (Å²) in [7, 11) is 0. The molecule has 6 nitrogen and oxygen atoms in total. The number of benzene rings is 2. The molecule has 1 heterocycles. The molecule has 2 aromatic rings. The molecule has 0 radical (unpaired) electrons. The number of fused-ring (bicyclic) bond motifs is 1. The van der Waals surface area contributed by atoms with Crippen LogP contribution in [0.5, 0.6) is 11.5 Å². The zero-order valence-corrected chi connectivity index (χ0v) is 14.7. The highest BCUT2D eigenvalue weighted by molar-refractivity contribution is 9.10. The maximum atomic E-state index is 12.5. The number of hydrogen-bond donors (Lipinski definition) is 0. The van der Waals surface area contributed by atoms with Gasteiger partial charge in [0, 0.05) is 28.6 Å². The fourth-order valence-electron chi connectivity index (χ4n) is 2.38. The minimum atomic E-state index is -0.473. The van der Waals surface area contributed by atoms with Crippen LogP contribution in [0.3, 0.4) is 0 Å². The van der Waals surface area contributed by atoms with Gasteiger partial charge in [0.2, 0.25) is 0 Å². The minimum absolute atomic E-state index is 0.0219. The number of nitro benzene ring substituents is 1. The number of hydrogen-bond acceptors (Lipinski definition) is 5. The Morgan fingerprint density at radius 1 is 1.16 bits per heavy atom. The van der Waals surface area contributed by atoms with Crippen LogP contribution in [0, 0.1) is 10.1 Å². The molecule has 1 aliphatic rings. The Morgan fingerprint density at radius 2 is 1.88 bits per heavy atom. The third-order valence-electron chi connectivity index (χ3n) is 3.61. The van der Waals surface area contributed by atoms with Crippen LogP contribution >= 0.6 is 15.9 Å². The summed E-state index contributed by atoms with van der Waals surface area (Å²) in [6.45, 7) is 1.10. The molecule has 0 amide bonds. The SMILES string of the molecule is O=C(C=Cc1cccc([N+](=O)[O-])c1)c1cc2c(cc1Br)OCCCO2. The minimum Gasteiger partial charge on any atom is -0.490 e. The van der Waals surface area contributed by atoms with Gasteiger partial charge in [-0.2, -0.15) is 0 Å². The van der Waals surface area contributed by atoms with Gasteiger partial charge < -0.3 is 9.47 Å². The van der Waals surface area contributed by atoms with Gasteiger partial charge in [-0.25, -0.2) is 0 Å². The highest BCUT2D eigenvalue weighted by atomic mass is 79.9. The Bertz CT molecular complexity index is 863. The van der Waals surface area contributed by atoms with Crippen molar-refractivity contribution in [3.63, 3.8) is 0 Å². The van der Waals surface area contributed by atoms with Crippen molar-refractivity contribution in [3.8, 4) is 11.5 Å². The summed E-state index contributed by atoms with van der Waals surface area (Å²) in [5.74, 6) is 0.894. The number of halogens is 1. The highest BCUT2D eigenvalue weighted by Crippen LogP contribution is 2.35. The van der Waals surface area contributed by atoms with E-state index in [-0.39, 0.29) is 11.5 Å². The molecular weight excluding hydrogens is 390 g/mol. The average molecular weight is 404 g/mol. The number of carbonyl (C=O) groups is 1. The zero-order chi connectivity index (χ0) is 17.8. The smallest absolute Gasteiger partial charge is 0.270 e. The van der Waals surface area contributed by atoms with Gasteiger partial charge in [-0.15, -0.1) is 0 Å². The van der Waals surface area contributed by atoms with Gasteiger partial charge in [-0.05, 0) is 39.7 Å². The van der Waals surface area contributed by atoms with Crippen molar-refractivity contribution in [2.45, 2.75) is 6.42 Å². The first-order valence-corrected chi connectivity index (χ1v) is 8.40. The quantitative estimate of drug-likeness (QED) is 0.326. The van der Waals surface area contributed by atoms with Gasteiger partial charge in [0.15, 0.2) is 17.3 Å². The normalized spacial score (nSPS) is 13.5. The first-order chi connectivity index (χ1) is 12.0. The van der Waals surface area contributed by atoms with Gasteiger partial charge >= 0.3 is 0 Å². The first-order valence-electron chi connectivity index (χ1n) is 7.60. The number of ether oxygens (including phenoxy) is 2. The van der Waals surface area contributed by atoms with Gasteiger partial charge in [-0.1, -0.05) is 18.2 Å². The largest absolute Gasteiger partial charge is 0.490 e. The second-order valence-electron chi connectivity index (χ2n) is 5.38. The summed E-state index contributed by atoms with van der Waals surface area (Å²) >= 11 is 3.38. The van der Waals surface area contributed by atoms with Crippen LogP contribution in [0.25, 0.3) is 6.08 Å². The number of rotatable bonds is 4. The van der Waals surface area contributed by atoms with Crippen molar-refractivity contribution in [3.05, 3.63) is 68.2 Å². The molecular formula is C18H14BrNO5. The van der Waals surface area contributed by atoms with Gasteiger partial charge in [0.05, 0.1) is 18.1 Å². The fraction of sp³-hybridized carbons (Fsp3) is 0.167. The molecule has 3 rings (SSSR count). The lowest BCUT2D eigenvalue weighted by Crippen LogP contribution is -1.99. The monoisotopic (exact) mass is 403 g/mol. The van der Waals surface area contributed by atoms with Crippen LogP contribution in [0.15, 0.2) is 46.9 Å². The molecule has 25 heavy (non-hydrogen) atoms. The molecule has 0 spiro atoms. The van der Waals surface area contributed by atoms with Crippen LogP contribution in [0.2, 0.25) is 0 Å². The maximum Gasteiger partial charge on any atom is 0.270 e. The molecule has 2 aromatic carbocycles. The van der Waals surface area contributed by atoms with E-state index >= 15 is 0 Å². The predicted molar refractivity (Wildman–Crippen MR) is 96.2 cm³/mol. The van der Waals surface area contributed by atoms with Crippen molar-refractivity contribution < 1.29 is 19.2 Å². The van der Waals surface area contributed by atoms with Crippen molar-refractivity contribution in [1.29, 1.82) is 0 Å². The standard InChI is InChI=1S/C18H14BrNO5/c19-15-11-18-17(24-7-2-8-25-18)10-14(15)16(21)6-5-12-3-1-4-13(9-12)20(22)23/h1,3-6,9-11H,2,7-8H2. The van der Waals surface area contributed by atoms with Crippen molar-refractivity contribution >= 4 is 33.5 Å². The number of non-ortho nitro benzene ring substituents is 1.